The van der Waals surface area contributed by atoms with E-state index in [0.29, 0.717) is 36.3 Å². The van der Waals surface area contributed by atoms with Crippen molar-refractivity contribution in [1.29, 1.82) is 0 Å². The van der Waals surface area contributed by atoms with Gasteiger partial charge in [-0.25, -0.2) is 0 Å². The van der Waals surface area contributed by atoms with Crippen LogP contribution in [0.25, 0.3) is 0 Å². The SMILES string of the molecule is C=CCN1C(=O)[C@]2(O[C@H](CCn3cc(CCO)nn3)[C@@H]([Si](C)(C)c3ccc(OC)cc3)[C@@H]2C)c2cc(NC(=O)[C@H]3O[C@@H](O)[C@H](O)[C@@H](O)[C@@H]3O)ccc21. The summed E-state index contributed by atoms with van der Waals surface area (Å²) in [6.45, 7) is 11.1. The van der Waals surface area contributed by atoms with Crippen LogP contribution in [-0.4, -0.2) is 117 Å². The largest absolute Gasteiger partial charge is 0.497 e. The number of methoxy groups -OCH3 is 1. The highest BCUT2D eigenvalue weighted by Gasteiger charge is 2.66. The van der Waals surface area contributed by atoms with Crippen LogP contribution in [0.3, 0.4) is 0 Å². The lowest BCUT2D eigenvalue weighted by Gasteiger charge is -2.37. The molecule has 6 N–H and O–H groups in total. The van der Waals surface area contributed by atoms with Crippen molar-refractivity contribution in [2.45, 2.75) is 87.4 Å². The number of nitrogens with zero attached hydrogens (tertiary/aromatic N) is 4. The van der Waals surface area contributed by atoms with Gasteiger partial charge in [0.2, 0.25) is 0 Å². The second-order valence-corrected chi connectivity index (χ2v) is 18.9. The Balaban J connectivity index is 1.39. The minimum atomic E-state index is -2.46. The van der Waals surface area contributed by atoms with Gasteiger partial charge in [-0.3, -0.25) is 14.3 Å². The first-order valence-electron chi connectivity index (χ1n) is 17.4. The third-order valence-electron chi connectivity index (χ3n) is 10.9. The Morgan fingerprint density at radius 2 is 1.85 bits per heavy atom. The second kappa shape index (κ2) is 14.8. The van der Waals surface area contributed by atoms with Crippen LogP contribution in [0.15, 0.2) is 61.3 Å². The van der Waals surface area contributed by atoms with Crippen molar-refractivity contribution in [2.75, 3.05) is 30.5 Å². The number of ether oxygens (including phenoxy) is 3. The minimum absolute atomic E-state index is 0.0410. The van der Waals surface area contributed by atoms with Gasteiger partial charge < -0.3 is 50.0 Å². The number of hydrogen-bond donors (Lipinski definition) is 6. The molecule has 3 aliphatic heterocycles. The van der Waals surface area contributed by atoms with Gasteiger partial charge in [-0.2, -0.15) is 0 Å². The average Bonchev–Trinajstić information content (AvgIpc) is 3.78. The Morgan fingerprint density at radius 1 is 1.12 bits per heavy atom. The summed E-state index contributed by atoms with van der Waals surface area (Å²) in [4.78, 5) is 29.7. The molecule has 3 aromatic rings. The standard InChI is InChI=1S/C36H47N5O10Si/c1-6-15-41-26-12-7-21(37-33(46)31-29(44)28(43)30(45)34(47)50-31)18-25(26)36(35(41)48)20(2)32(52(4,5)24-10-8-23(49-3)9-11-24)27(51-36)13-16-40-19-22(14-17-42)38-39-40/h6-12,18-20,27-32,34,42-45,47H,1,13-17H2,2-5H3,(H,37,46)/t20-,27+,28-,29-,30+,31-,32-,34+,36+/m0/s1. The molecule has 2 aromatic carbocycles. The lowest BCUT2D eigenvalue weighted by Crippen LogP contribution is -2.60. The van der Waals surface area contributed by atoms with Gasteiger partial charge in [0.25, 0.3) is 11.8 Å². The lowest BCUT2D eigenvalue weighted by atomic mass is 9.82. The molecule has 3 aliphatic rings. The summed E-state index contributed by atoms with van der Waals surface area (Å²) in [5.41, 5.74) is 0.579. The number of aryl methyl sites for hydroxylation is 1. The summed E-state index contributed by atoms with van der Waals surface area (Å²) < 4.78 is 19.4. The van der Waals surface area contributed by atoms with Gasteiger partial charge in [-0.15, -0.1) is 11.7 Å². The van der Waals surface area contributed by atoms with Gasteiger partial charge in [0.1, 0.15) is 24.1 Å². The van der Waals surface area contributed by atoms with Crippen molar-refractivity contribution in [3.05, 3.63) is 72.6 Å². The Bertz CT molecular complexity index is 1790. The van der Waals surface area contributed by atoms with Gasteiger partial charge >= 0.3 is 0 Å². The lowest BCUT2D eigenvalue weighted by molar-refractivity contribution is -0.274. The fraction of sp³-hybridized carbons (Fsp3) is 0.500. The van der Waals surface area contributed by atoms with Crippen LogP contribution in [0, 0.1) is 5.92 Å². The number of aromatic nitrogens is 3. The van der Waals surface area contributed by atoms with E-state index in [1.165, 1.54) is 0 Å². The molecule has 4 heterocycles. The molecular formula is C36H47N5O10Si. The van der Waals surface area contributed by atoms with Crippen molar-refractivity contribution in [3.63, 3.8) is 0 Å². The summed E-state index contributed by atoms with van der Waals surface area (Å²) in [5, 5.41) is 62.1. The van der Waals surface area contributed by atoms with E-state index in [4.69, 9.17) is 14.2 Å². The highest BCUT2D eigenvalue weighted by Crippen LogP contribution is 2.60. The number of carbonyl (C=O) groups excluding carboxylic acids is 2. The Kier molecular flexibility index (Phi) is 10.7. The molecule has 1 spiro atoms. The molecule has 2 amide bonds. The molecule has 2 fully saturated rings. The van der Waals surface area contributed by atoms with Crippen LogP contribution in [0.1, 0.15) is 24.6 Å². The quantitative estimate of drug-likeness (QED) is 0.110. The molecule has 0 bridgehead atoms. The van der Waals surface area contributed by atoms with Crippen molar-refractivity contribution < 1.29 is 49.3 Å². The van der Waals surface area contributed by atoms with E-state index in [0.717, 1.165) is 10.9 Å². The number of aliphatic hydroxyl groups is 5. The molecule has 15 nitrogen and oxygen atoms in total. The zero-order chi connectivity index (χ0) is 37.5. The second-order valence-electron chi connectivity index (χ2n) is 14.2. The van der Waals surface area contributed by atoms with Gasteiger partial charge in [0.05, 0.1) is 32.7 Å². The molecular weight excluding hydrogens is 691 g/mol. The van der Waals surface area contributed by atoms with E-state index in [2.05, 4.69) is 47.4 Å². The average molecular weight is 738 g/mol. The summed E-state index contributed by atoms with van der Waals surface area (Å²) >= 11 is 0. The van der Waals surface area contributed by atoms with Gasteiger partial charge in [0.15, 0.2) is 18.0 Å². The predicted octanol–water partition coefficient (Wildman–Crippen LogP) is 0.399. The number of amides is 2. The first-order chi connectivity index (χ1) is 24.8. The molecule has 16 heteroatoms. The maximum atomic E-state index is 14.8. The smallest absolute Gasteiger partial charge is 0.264 e. The van der Waals surface area contributed by atoms with Crippen LogP contribution < -0.4 is 20.1 Å². The van der Waals surface area contributed by atoms with E-state index in [-0.39, 0.29) is 36.2 Å². The molecule has 9 atom stereocenters. The van der Waals surface area contributed by atoms with Crippen LogP contribution in [0.5, 0.6) is 5.75 Å². The molecule has 0 saturated carbocycles. The topological polar surface area (TPSA) is 209 Å². The Hall–Kier alpha value is -4.00. The molecule has 0 unspecified atom stereocenters. The zero-order valence-corrected chi connectivity index (χ0v) is 30.6. The zero-order valence-electron chi connectivity index (χ0n) is 29.6. The van der Waals surface area contributed by atoms with E-state index >= 15 is 0 Å². The van der Waals surface area contributed by atoms with E-state index < -0.39 is 56.4 Å². The number of carbonyl (C=O) groups is 2. The third kappa shape index (κ3) is 6.47. The van der Waals surface area contributed by atoms with Gasteiger partial charge in [-0.05, 0) is 42.3 Å². The molecule has 2 saturated heterocycles. The molecule has 1 aromatic heterocycles. The highest BCUT2D eigenvalue weighted by molar-refractivity contribution is 6.91. The van der Waals surface area contributed by atoms with Crippen LogP contribution in [0.2, 0.25) is 18.6 Å². The third-order valence-corrected chi connectivity index (χ3v) is 15.2. The molecule has 0 radical (unpaired) electrons. The number of benzene rings is 2. The monoisotopic (exact) mass is 737 g/mol. The minimum Gasteiger partial charge on any atom is -0.497 e. The Labute approximate surface area is 302 Å². The number of rotatable bonds is 12. The maximum Gasteiger partial charge on any atom is 0.264 e. The number of anilines is 2. The first-order valence-corrected chi connectivity index (χ1v) is 20.4. The van der Waals surface area contributed by atoms with Crippen molar-refractivity contribution in [1.82, 2.24) is 15.0 Å². The normalized spacial score (nSPS) is 30.1. The summed E-state index contributed by atoms with van der Waals surface area (Å²) in [6.07, 6.45) is -5.04. The fourth-order valence-corrected chi connectivity index (χ4v) is 12.3. The Morgan fingerprint density at radius 3 is 2.52 bits per heavy atom. The van der Waals surface area contributed by atoms with Gasteiger partial charge in [0, 0.05) is 49.5 Å². The summed E-state index contributed by atoms with van der Waals surface area (Å²) in [6, 6.07) is 13.0. The number of hydrogen-bond acceptors (Lipinski definition) is 12. The molecule has 52 heavy (non-hydrogen) atoms. The molecule has 6 rings (SSSR count). The fourth-order valence-electron chi connectivity index (χ4n) is 8.20. The highest BCUT2D eigenvalue weighted by atomic mass is 28.3. The van der Waals surface area contributed by atoms with Crippen LogP contribution in [-0.2, 0) is 37.6 Å². The first kappa shape index (κ1) is 37.7. The predicted molar refractivity (Wildman–Crippen MR) is 192 cm³/mol. The van der Waals surface area contributed by atoms with Crippen LogP contribution >= 0.6 is 0 Å². The van der Waals surface area contributed by atoms with E-state index in [1.807, 2.05) is 19.1 Å². The van der Waals surface area contributed by atoms with Gasteiger partial charge in [-0.1, -0.05) is 48.6 Å². The van der Waals surface area contributed by atoms with Crippen molar-refractivity contribution in [3.8, 4) is 5.75 Å². The molecule has 280 valence electrons. The number of fused-ring (bicyclic) bond motifs is 2. The van der Waals surface area contributed by atoms with Crippen LogP contribution in [0.4, 0.5) is 11.4 Å². The summed E-state index contributed by atoms with van der Waals surface area (Å²) in [5.74, 6) is -0.716. The summed E-state index contributed by atoms with van der Waals surface area (Å²) in [7, 11) is -0.838. The van der Waals surface area contributed by atoms with Crippen molar-refractivity contribution in [2.24, 2.45) is 5.92 Å². The number of nitrogens with one attached hydrogen (secondary N) is 1. The van der Waals surface area contributed by atoms with E-state index in [9.17, 15) is 35.1 Å². The molecule has 0 aliphatic carbocycles. The maximum absolute atomic E-state index is 14.8. The van der Waals surface area contributed by atoms with E-state index in [1.54, 1.807) is 47.2 Å². The van der Waals surface area contributed by atoms with Crippen molar-refractivity contribution >= 4 is 36.4 Å². The number of aliphatic hydroxyl groups excluding tert-OH is 5.